The summed E-state index contributed by atoms with van der Waals surface area (Å²) < 4.78 is 5.46. The lowest BCUT2D eigenvalue weighted by Gasteiger charge is -2.07. The van der Waals surface area contributed by atoms with Crippen LogP contribution in [0.15, 0.2) is 78.0 Å². The van der Waals surface area contributed by atoms with Gasteiger partial charge in [0.25, 0.3) is 0 Å². The van der Waals surface area contributed by atoms with Crippen LogP contribution in [0.4, 0.5) is 5.82 Å². The quantitative estimate of drug-likeness (QED) is 0.379. The highest BCUT2D eigenvalue weighted by Crippen LogP contribution is 2.34. The summed E-state index contributed by atoms with van der Waals surface area (Å²) in [6.07, 6.45) is 12.1. The number of amides is 1. The number of rotatable bonds is 6. The van der Waals surface area contributed by atoms with Gasteiger partial charge in [-0.25, -0.2) is 15.0 Å². The molecule has 0 unspecified atom stereocenters. The molecule has 5 aromatic rings. The van der Waals surface area contributed by atoms with Crippen molar-refractivity contribution in [2.75, 3.05) is 26.0 Å². The van der Waals surface area contributed by atoms with Crippen LogP contribution >= 0.6 is 0 Å². The van der Waals surface area contributed by atoms with Crippen LogP contribution in [0.3, 0.4) is 0 Å². The fourth-order valence-corrected chi connectivity index (χ4v) is 3.71. The number of hydrogen-bond donors (Lipinski definition) is 2. The first-order valence-corrected chi connectivity index (χ1v) is 10.5. The van der Waals surface area contributed by atoms with Crippen LogP contribution in [0.1, 0.15) is 0 Å². The first-order chi connectivity index (χ1) is 16.1. The minimum Gasteiger partial charge on any atom is -0.446 e. The molecule has 8 heteroatoms. The largest absolute Gasteiger partial charge is 0.446 e. The smallest absolute Gasteiger partial charge is 0.249 e. The predicted molar refractivity (Wildman–Crippen MR) is 129 cm³/mol. The Morgan fingerprint density at radius 2 is 1.94 bits per heavy atom. The van der Waals surface area contributed by atoms with Gasteiger partial charge in [0.05, 0.1) is 6.26 Å². The fraction of sp³-hybridized carbons (Fsp3) is 0.120. The van der Waals surface area contributed by atoms with E-state index in [1.54, 1.807) is 30.9 Å². The zero-order valence-electron chi connectivity index (χ0n) is 18.2. The summed E-state index contributed by atoms with van der Waals surface area (Å²) in [5, 5.41) is 4.74. The van der Waals surface area contributed by atoms with E-state index in [9.17, 15) is 4.79 Å². The number of pyridine rings is 3. The highest BCUT2D eigenvalue weighted by molar-refractivity contribution is 6.03. The van der Waals surface area contributed by atoms with E-state index < -0.39 is 0 Å². The zero-order valence-corrected chi connectivity index (χ0v) is 18.2. The van der Waals surface area contributed by atoms with E-state index >= 15 is 0 Å². The van der Waals surface area contributed by atoms with Gasteiger partial charge in [0.1, 0.15) is 11.5 Å². The number of aromatic nitrogens is 4. The number of carbonyl (C=O) groups is 1. The van der Waals surface area contributed by atoms with Crippen molar-refractivity contribution in [3.63, 3.8) is 0 Å². The average Bonchev–Trinajstić information content (AvgIpc) is 3.45. The molecule has 164 valence electrons. The van der Waals surface area contributed by atoms with E-state index in [-0.39, 0.29) is 5.91 Å². The van der Waals surface area contributed by atoms with Crippen LogP contribution in [0.2, 0.25) is 0 Å². The van der Waals surface area contributed by atoms with Gasteiger partial charge in [-0.15, -0.1) is 0 Å². The number of nitrogens with zero attached hydrogens (tertiary/aromatic N) is 4. The molecular weight excluding hydrogens is 416 g/mol. The van der Waals surface area contributed by atoms with Crippen molar-refractivity contribution in [2.24, 2.45) is 0 Å². The number of hydrogen-bond acceptors (Lipinski definition) is 6. The van der Waals surface area contributed by atoms with Gasteiger partial charge < -0.3 is 19.6 Å². The van der Waals surface area contributed by atoms with Gasteiger partial charge in [-0.05, 0) is 55.6 Å². The number of aromatic amines is 1. The molecule has 0 aromatic carbocycles. The maximum absolute atomic E-state index is 12.2. The van der Waals surface area contributed by atoms with E-state index in [1.807, 2.05) is 49.5 Å². The average molecular weight is 438 g/mol. The molecule has 5 aromatic heterocycles. The van der Waals surface area contributed by atoms with E-state index in [4.69, 9.17) is 4.42 Å². The molecule has 0 atom stereocenters. The van der Waals surface area contributed by atoms with Crippen LogP contribution in [0.5, 0.6) is 0 Å². The van der Waals surface area contributed by atoms with E-state index in [0.29, 0.717) is 18.1 Å². The number of anilines is 1. The minimum atomic E-state index is -0.218. The number of furan rings is 1. The fourth-order valence-electron chi connectivity index (χ4n) is 3.71. The number of nitrogens with one attached hydrogen (secondary N) is 2. The van der Waals surface area contributed by atoms with Crippen LogP contribution in [0, 0.1) is 0 Å². The molecule has 0 aliphatic heterocycles. The minimum absolute atomic E-state index is 0.218. The molecule has 0 saturated carbocycles. The molecule has 0 saturated heterocycles. The Balaban J connectivity index is 1.47. The van der Waals surface area contributed by atoms with Crippen molar-refractivity contribution >= 4 is 33.9 Å². The van der Waals surface area contributed by atoms with E-state index in [0.717, 1.165) is 38.7 Å². The summed E-state index contributed by atoms with van der Waals surface area (Å²) in [5.41, 5.74) is 5.24. The Morgan fingerprint density at radius 3 is 2.82 bits per heavy atom. The summed E-state index contributed by atoms with van der Waals surface area (Å²) in [6, 6.07) is 9.70. The lowest BCUT2D eigenvalue weighted by molar-refractivity contribution is -0.111. The Kier molecular flexibility index (Phi) is 5.42. The van der Waals surface area contributed by atoms with Gasteiger partial charge in [0.2, 0.25) is 11.6 Å². The number of fused-ring (bicyclic) bond motifs is 2. The Hall–Kier alpha value is -4.30. The summed E-state index contributed by atoms with van der Waals surface area (Å²) in [7, 11) is 3.89. The van der Waals surface area contributed by atoms with Crippen molar-refractivity contribution in [3.8, 4) is 22.3 Å². The lowest BCUT2D eigenvalue weighted by Crippen LogP contribution is -2.13. The second-order valence-electron chi connectivity index (χ2n) is 7.90. The Morgan fingerprint density at radius 1 is 1.06 bits per heavy atom. The van der Waals surface area contributed by atoms with Crippen molar-refractivity contribution in [2.45, 2.75) is 0 Å². The third kappa shape index (κ3) is 4.24. The molecule has 0 fully saturated rings. The standard InChI is InChI=1S/C25H22N6O2/c1-31(2)10-3-4-23(32)30-22-13-16(5-8-26-22)17-12-20-21(15-29-24(20)28-14-17)18-6-9-27-25-19(18)7-11-33-25/h3-9,11-15H,10H2,1-2H3,(H,28,29)(H,26,30,32). The maximum atomic E-state index is 12.2. The molecule has 8 nitrogen and oxygen atoms in total. The van der Waals surface area contributed by atoms with Crippen molar-refractivity contribution in [1.29, 1.82) is 0 Å². The summed E-state index contributed by atoms with van der Waals surface area (Å²) >= 11 is 0. The van der Waals surface area contributed by atoms with E-state index in [1.165, 1.54) is 6.08 Å². The first kappa shape index (κ1) is 20.6. The van der Waals surface area contributed by atoms with Crippen LogP contribution in [-0.2, 0) is 4.79 Å². The summed E-state index contributed by atoms with van der Waals surface area (Å²) in [6.45, 7) is 0.689. The number of carbonyl (C=O) groups excluding carboxylic acids is 1. The normalized spacial score (nSPS) is 11.7. The third-order valence-electron chi connectivity index (χ3n) is 5.27. The van der Waals surface area contributed by atoms with Crippen LogP contribution in [0.25, 0.3) is 44.4 Å². The maximum Gasteiger partial charge on any atom is 0.249 e. The molecule has 5 heterocycles. The zero-order chi connectivity index (χ0) is 22.8. The molecule has 2 N–H and O–H groups in total. The van der Waals surface area contributed by atoms with Crippen molar-refractivity contribution in [3.05, 3.63) is 73.5 Å². The lowest BCUT2D eigenvalue weighted by atomic mass is 10.0. The highest BCUT2D eigenvalue weighted by Gasteiger charge is 2.13. The van der Waals surface area contributed by atoms with E-state index in [2.05, 4.69) is 31.3 Å². The van der Waals surface area contributed by atoms with Gasteiger partial charge in [0.15, 0.2) is 0 Å². The van der Waals surface area contributed by atoms with Gasteiger partial charge in [-0.1, -0.05) is 6.08 Å². The number of likely N-dealkylation sites (N-methyl/N-ethyl adjacent to an activating group) is 1. The van der Waals surface area contributed by atoms with Crippen LogP contribution < -0.4 is 5.32 Å². The van der Waals surface area contributed by atoms with Gasteiger partial charge >= 0.3 is 0 Å². The molecule has 5 rings (SSSR count). The van der Waals surface area contributed by atoms with Gasteiger partial charge in [-0.2, -0.15) is 0 Å². The summed E-state index contributed by atoms with van der Waals surface area (Å²) in [5.74, 6) is 0.264. The molecule has 1 amide bonds. The molecule has 33 heavy (non-hydrogen) atoms. The Bertz CT molecular complexity index is 1480. The van der Waals surface area contributed by atoms with Gasteiger partial charge in [-0.3, -0.25) is 4.79 Å². The first-order valence-electron chi connectivity index (χ1n) is 10.5. The van der Waals surface area contributed by atoms with Crippen LogP contribution in [-0.4, -0.2) is 51.4 Å². The topological polar surface area (TPSA) is 99.9 Å². The monoisotopic (exact) mass is 438 g/mol. The third-order valence-corrected chi connectivity index (χ3v) is 5.27. The molecule has 0 bridgehead atoms. The molecule has 0 radical (unpaired) electrons. The summed E-state index contributed by atoms with van der Waals surface area (Å²) in [4.78, 5) is 30.6. The molecular formula is C25H22N6O2. The number of H-pyrrole nitrogens is 1. The highest BCUT2D eigenvalue weighted by atomic mass is 16.3. The molecule has 0 spiro atoms. The second-order valence-corrected chi connectivity index (χ2v) is 7.90. The molecule has 0 aliphatic rings. The van der Waals surface area contributed by atoms with Crippen molar-refractivity contribution in [1.82, 2.24) is 24.8 Å². The molecule has 0 aliphatic carbocycles. The predicted octanol–water partition coefficient (Wildman–Crippen LogP) is 4.49. The Labute approximate surface area is 190 Å². The van der Waals surface area contributed by atoms with Gasteiger partial charge in [0, 0.05) is 59.3 Å². The van der Waals surface area contributed by atoms with Crippen molar-refractivity contribution < 1.29 is 9.21 Å². The second kappa shape index (κ2) is 8.68. The SMILES string of the molecule is CN(C)CC=CC(=O)Nc1cc(-c2cnc3[nH]cc(-c4ccnc5occc45)c3c2)ccn1.